The molecule has 4 N–H and O–H groups in total. The van der Waals surface area contributed by atoms with Gasteiger partial charge in [0.05, 0.1) is 12.5 Å². The Morgan fingerprint density at radius 3 is 1.91 bits per heavy atom. The summed E-state index contributed by atoms with van der Waals surface area (Å²) < 4.78 is 5.32. The number of methoxy groups -OCH3 is 1. The molecular weight excluding hydrogens is 452 g/mol. The van der Waals surface area contributed by atoms with Crippen LogP contribution in [0.2, 0.25) is 0 Å². The molecule has 0 radical (unpaired) electrons. The van der Waals surface area contributed by atoms with Gasteiger partial charge in [0, 0.05) is 29.5 Å². The molecule has 1 aliphatic rings. The number of ether oxygens (including phenoxy) is 1. The number of benzene rings is 1. The molecule has 0 saturated heterocycles. The van der Waals surface area contributed by atoms with Crippen LogP contribution >= 0.6 is 0 Å². The van der Waals surface area contributed by atoms with Gasteiger partial charge in [-0.3, -0.25) is 14.4 Å². The maximum Gasteiger partial charge on any atom is 0.183 e. The van der Waals surface area contributed by atoms with Gasteiger partial charge < -0.3 is 25.2 Å². The average molecular weight is 489 g/mol. The zero-order valence-corrected chi connectivity index (χ0v) is 21.7. The maximum absolute atomic E-state index is 13.5. The first-order valence-electron chi connectivity index (χ1n) is 11.7. The average Bonchev–Trinajstić information content (AvgIpc) is 2.75. The zero-order chi connectivity index (χ0) is 27.0. The van der Waals surface area contributed by atoms with Crippen molar-refractivity contribution in [1.82, 2.24) is 0 Å². The van der Waals surface area contributed by atoms with Crippen LogP contribution in [0.15, 0.2) is 22.7 Å². The van der Waals surface area contributed by atoms with Crippen LogP contribution in [0.4, 0.5) is 0 Å². The quantitative estimate of drug-likeness (QED) is 0.280. The number of carbonyl (C=O) groups excluding carboxylic acids is 3. The summed E-state index contributed by atoms with van der Waals surface area (Å²) in [6.45, 7) is 11.6. The molecule has 0 bridgehead atoms. The lowest BCUT2D eigenvalue weighted by Gasteiger charge is -2.34. The highest BCUT2D eigenvalue weighted by Crippen LogP contribution is 2.49. The molecule has 0 spiro atoms. The molecule has 1 unspecified atom stereocenters. The molecule has 0 fully saturated rings. The maximum atomic E-state index is 13.5. The van der Waals surface area contributed by atoms with E-state index in [4.69, 9.17) is 4.74 Å². The van der Waals surface area contributed by atoms with Crippen LogP contribution in [0.5, 0.6) is 17.2 Å². The standard InChI is InChI=1S/C27H36O8/c1-12(2)9-17(28)19-23(32)16(21(30)14(5)24(19)35-8)11-27(7)25(33)15(6)22(31)20(26(27)34)18(29)10-13(3)4/h12-13,30-33H,9-11H2,1-8H3. The number of hydrogen-bond donors (Lipinski definition) is 4. The fourth-order valence-corrected chi connectivity index (χ4v) is 4.50. The third kappa shape index (κ3) is 4.92. The van der Waals surface area contributed by atoms with Crippen LogP contribution in [0, 0.1) is 24.2 Å². The van der Waals surface area contributed by atoms with Crippen LogP contribution in [-0.2, 0) is 16.0 Å². The SMILES string of the molecule is COc1c(C)c(O)c(CC2(C)C(=O)C(C(=O)CC(C)C)=C(O)C(C)=C2O)c(O)c1C(=O)CC(C)C. The third-order valence-electron chi connectivity index (χ3n) is 6.41. The number of allylic oxidation sites excluding steroid dienone is 3. The lowest BCUT2D eigenvalue weighted by atomic mass is 9.69. The molecule has 0 aromatic heterocycles. The van der Waals surface area contributed by atoms with Crippen molar-refractivity contribution < 1.29 is 39.5 Å². The number of rotatable bonds is 9. The van der Waals surface area contributed by atoms with Gasteiger partial charge in [-0.2, -0.15) is 0 Å². The van der Waals surface area contributed by atoms with Gasteiger partial charge in [-0.25, -0.2) is 0 Å². The second kappa shape index (κ2) is 10.1. The van der Waals surface area contributed by atoms with E-state index >= 15 is 0 Å². The zero-order valence-electron chi connectivity index (χ0n) is 21.7. The summed E-state index contributed by atoms with van der Waals surface area (Å²) in [6, 6.07) is 0. The van der Waals surface area contributed by atoms with E-state index in [9.17, 15) is 34.8 Å². The first-order chi connectivity index (χ1) is 16.1. The predicted molar refractivity (Wildman–Crippen MR) is 131 cm³/mol. The molecule has 35 heavy (non-hydrogen) atoms. The van der Waals surface area contributed by atoms with Gasteiger partial charge >= 0.3 is 0 Å². The van der Waals surface area contributed by atoms with Gasteiger partial charge in [-0.1, -0.05) is 27.7 Å². The van der Waals surface area contributed by atoms with Crippen LogP contribution in [0.3, 0.4) is 0 Å². The number of phenols is 2. The van der Waals surface area contributed by atoms with E-state index in [1.54, 1.807) is 13.8 Å². The monoisotopic (exact) mass is 488 g/mol. The lowest BCUT2D eigenvalue weighted by molar-refractivity contribution is -0.127. The highest BCUT2D eigenvalue weighted by atomic mass is 16.5. The number of Topliss-reactive ketones (excluding diaryl/α,β-unsaturated/α-hetero) is 3. The summed E-state index contributed by atoms with van der Waals surface area (Å²) in [5.41, 5.74) is -2.31. The number of ketones is 3. The van der Waals surface area contributed by atoms with Gasteiger partial charge in [0.2, 0.25) is 0 Å². The van der Waals surface area contributed by atoms with Crippen LogP contribution < -0.4 is 4.74 Å². The fraction of sp³-hybridized carbons (Fsp3) is 0.519. The number of hydrogen-bond acceptors (Lipinski definition) is 8. The van der Waals surface area contributed by atoms with Crippen molar-refractivity contribution in [2.45, 2.75) is 67.7 Å². The van der Waals surface area contributed by atoms with Crippen molar-refractivity contribution in [2.75, 3.05) is 7.11 Å². The smallest absolute Gasteiger partial charge is 0.183 e. The van der Waals surface area contributed by atoms with E-state index in [2.05, 4.69) is 0 Å². The predicted octanol–water partition coefficient (Wildman–Crippen LogP) is 5.03. The Morgan fingerprint density at radius 1 is 0.914 bits per heavy atom. The molecule has 0 heterocycles. The van der Waals surface area contributed by atoms with Crippen molar-refractivity contribution in [1.29, 1.82) is 0 Å². The molecule has 8 heteroatoms. The Balaban J connectivity index is 2.74. The molecule has 2 rings (SSSR count). The summed E-state index contributed by atoms with van der Waals surface area (Å²) >= 11 is 0. The van der Waals surface area contributed by atoms with Crippen LogP contribution in [0.25, 0.3) is 0 Å². The highest BCUT2D eigenvalue weighted by Gasteiger charge is 2.48. The lowest BCUT2D eigenvalue weighted by Crippen LogP contribution is -2.40. The van der Waals surface area contributed by atoms with Crippen molar-refractivity contribution in [3.05, 3.63) is 39.4 Å². The number of aliphatic hydroxyl groups is 2. The van der Waals surface area contributed by atoms with E-state index in [0.717, 1.165) is 0 Å². The first-order valence-corrected chi connectivity index (χ1v) is 11.7. The second-order valence-corrected chi connectivity index (χ2v) is 10.3. The van der Waals surface area contributed by atoms with Gasteiger partial charge in [-0.15, -0.1) is 0 Å². The van der Waals surface area contributed by atoms with Gasteiger partial charge in [0.15, 0.2) is 17.3 Å². The van der Waals surface area contributed by atoms with Crippen molar-refractivity contribution >= 4 is 17.3 Å². The molecule has 0 amide bonds. The molecule has 1 atom stereocenters. The van der Waals surface area contributed by atoms with E-state index in [1.807, 2.05) is 13.8 Å². The number of carbonyl (C=O) groups is 3. The fourth-order valence-electron chi connectivity index (χ4n) is 4.50. The van der Waals surface area contributed by atoms with E-state index in [0.29, 0.717) is 0 Å². The van der Waals surface area contributed by atoms with Gasteiger partial charge in [-0.05, 0) is 39.0 Å². The Bertz CT molecular complexity index is 1140. The van der Waals surface area contributed by atoms with Crippen LogP contribution in [-0.4, -0.2) is 44.9 Å². The minimum atomic E-state index is -1.79. The highest BCUT2D eigenvalue weighted by molar-refractivity contribution is 6.24. The third-order valence-corrected chi connectivity index (χ3v) is 6.41. The number of phenolic OH excluding ortho intramolecular Hbond substituents is 2. The number of aromatic hydroxyl groups is 2. The molecular formula is C27H36O8. The molecule has 192 valence electrons. The second-order valence-electron chi connectivity index (χ2n) is 10.3. The summed E-state index contributed by atoms with van der Waals surface area (Å²) in [4.78, 5) is 39.4. The molecule has 1 aromatic rings. The van der Waals surface area contributed by atoms with E-state index in [-0.39, 0.29) is 52.7 Å². The summed E-state index contributed by atoms with van der Waals surface area (Å²) in [7, 11) is 1.32. The van der Waals surface area contributed by atoms with E-state index in [1.165, 1.54) is 27.9 Å². The summed E-state index contributed by atoms with van der Waals surface area (Å²) in [5.74, 6) is -3.87. The van der Waals surface area contributed by atoms with Crippen molar-refractivity contribution in [3.8, 4) is 17.2 Å². The molecule has 1 aromatic carbocycles. The summed E-state index contributed by atoms with van der Waals surface area (Å²) in [5, 5.41) is 43.5. The normalized spacial score (nSPS) is 18.6. The van der Waals surface area contributed by atoms with Gasteiger partial charge in [0.1, 0.15) is 39.9 Å². The Morgan fingerprint density at radius 2 is 1.43 bits per heavy atom. The minimum absolute atomic E-state index is 0.0149. The molecule has 1 aliphatic carbocycles. The Kier molecular flexibility index (Phi) is 8.10. The van der Waals surface area contributed by atoms with Crippen molar-refractivity contribution in [2.24, 2.45) is 17.3 Å². The topological polar surface area (TPSA) is 141 Å². The number of aliphatic hydroxyl groups excluding tert-OH is 2. The van der Waals surface area contributed by atoms with E-state index < -0.39 is 57.8 Å². The van der Waals surface area contributed by atoms with Crippen molar-refractivity contribution in [3.63, 3.8) is 0 Å². The molecule has 0 saturated carbocycles. The molecule has 0 aliphatic heterocycles. The molecule has 8 nitrogen and oxygen atoms in total. The Labute approximate surface area is 205 Å². The summed E-state index contributed by atoms with van der Waals surface area (Å²) in [6.07, 6.45) is -0.301. The first kappa shape index (κ1) is 28.0. The van der Waals surface area contributed by atoms with Crippen LogP contribution in [0.1, 0.15) is 75.9 Å². The van der Waals surface area contributed by atoms with Gasteiger partial charge in [0.25, 0.3) is 0 Å². The largest absolute Gasteiger partial charge is 0.511 e. The Hall–Kier alpha value is -3.29. The minimum Gasteiger partial charge on any atom is -0.511 e.